The van der Waals surface area contributed by atoms with E-state index < -0.39 is 23.7 Å². The van der Waals surface area contributed by atoms with Gasteiger partial charge < -0.3 is 24.3 Å². The van der Waals surface area contributed by atoms with Crippen LogP contribution in [-0.4, -0.2) is 83.9 Å². The summed E-state index contributed by atoms with van der Waals surface area (Å²) < 4.78 is 26.0. The van der Waals surface area contributed by atoms with E-state index in [9.17, 15) is 19.2 Å². The van der Waals surface area contributed by atoms with Crippen molar-refractivity contribution >= 4 is 34.3 Å². The molecule has 0 spiro atoms. The molecule has 4 heterocycles. The Labute approximate surface area is 281 Å². The maximum Gasteiger partial charge on any atom is 0.262 e. The maximum absolute atomic E-state index is 15.3. The van der Waals surface area contributed by atoms with E-state index in [1.807, 2.05) is 37.4 Å². The standard InChI is InChI=1S/C36H37FN6O6/c1-41(18-20-14-22-19-43(36(47)31(22)26(37)15-20)28-8-9-30(44)39-34(28)45)23-10-12-42(13-11-23)24-6-4-21(5-7-24)33-38-27-16-25(48-2)17-29(49-3)32(27)35(46)40-33/h4-7,14-17,23,28H,8-13,18-19H2,1-3H3,(H,38,40,46)(H,39,44,45). The average molecular weight is 669 g/mol. The number of benzene rings is 3. The Morgan fingerprint density at radius 2 is 1.73 bits per heavy atom. The summed E-state index contributed by atoms with van der Waals surface area (Å²) in [5.41, 5.74) is 3.39. The highest BCUT2D eigenvalue weighted by molar-refractivity contribution is 6.05. The van der Waals surface area contributed by atoms with Gasteiger partial charge in [0.25, 0.3) is 11.5 Å². The first-order valence-corrected chi connectivity index (χ1v) is 16.3. The third-order valence-corrected chi connectivity index (χ3v) is 9.86. The highest BCUT2D eigenvalue weighted by Crippen LogP contribution is 2.32. The molecule has 2 N–H and O–H groups in total. The molecule has 1 unspecified atom stereocenters. The number of hydrogen-bond donors (Lipinski definition) is 2. The second-order valence-electron chi connectivity index (χ2n) is 12.8. The Morgan fingerprint density at radius 3 is 2.43 bits per heavy atom. The van der Waals surface area contributed by atoms with E-state index in [4.69, 9.17) is 9.47 Å². The molecule has 7 rings (SSSR count). The maximum atomic E-state index is 15.3. The largest absolute Gasteiger partial charge is 0.497 e. The molecule has 12 nitrogen and oxygen atoms in total. The smallest absolute Gasteiger partial charge is 0.262 e. The summed E-state index contributed by atoms with van der Waals surface area (Å²) in [6, 6.07) is 14.1. The van der Waals surface area contributed by atoms with Gasteiger partial charge in [-0.1, -0.05) is 6.07 Å². The number of anilines is 1. The van der Waals surface area contributed by atoms with Gasteiger partial charge in [0.1, 0.15) is 34.6 Å². The number of fused-ring (bicyclic) bond motifs is 2. The van der Waals surface area contributed by atoms with Crippen LogP contribution in [0.3, 0.4) is 0 Å². The van der Waals surface area contributed by atoms with Crippen molar-refractivity contribution in [1.29, 1.82) is 0 Å². The van der Waals surface area contributed by atoms with E-state index in [2.05, 4.69) is 25.1 Å². The Kier molecular flexibility index (Phi) is 8.53. The van der Waals surface area contributed by atoms with Gasteiger partial charge >= 0.3 is 0 Å². The lowest BCUT2D eigenvalue weighted by molar-refractivity contribution is -0.136. The van der Waals surface area contributed by atoms with Crippen molar-refractivity contribution in [2.75, 3.05) is 39.3 Å². The SMILES string of the molecule is COc1cc(OC)c2c(=O)[nH]c(-c3ccc(N4CCC(N(C)Cc5cc(F)c6c(c5)CN(C5CCC(=O)NC5=O)C6=O)CC4)cc3)nc2c1. The minimum absolute atomic E-state index is 0.0126. The zero-order valence-corrected chi connectivity index (χ0v) is 27.5. The molecule has 3 aromatic carbocycles. The molecule has 2 fully saturated rings. The Hall–Kier alpha value is -5.30. The van der Waals surface area contributed by atoms with E-state index in [1.165, 1.54) is 18.1 Å². The third-order valence-electron chi connectivity index (χ3n) is 9.86. The van der Waals surface area contributed by atoms with Crippen molar-refractivity contribution in [2.45, 2.75) is 50.9 Å². The van der Waals surface area contributed by atoms with Crippen LogP contribution in [0.5, 0.6) is 11.5 Å². The minimum atomic E-state index is -0.780. The summed E-state index contributed by atoms with van der Waals surface area (Å²) >= 11 is 0. The molecule has 0 aliphatic carbocycles. The van der Waals surface area contributed by atoms with Crippen LogP contribution < -0.4 is 25.2 Å². The summed E-state index contributed by atoms with van der Waals surface area (Å²) in [5, 5.41) is 2.65. The van der Waals surface area contributed by atoms with E-state index in [0.29, 0.717) is 40.3 Å². The number of piperidine rings is 2. The van der Waals surface area contributed by atoms with Gasteiger partial charge in [-0.15, -0.1) is 0 Å². The zero-order valence-electron chi connectivity index (χ0n) is 27.5. The predicted molar refractivity (Wildman–Crippen MR) is 180 cm³/mol. The molecule has 0 bridgehead atoms. The second-order valence-corrected chi connectivity index (χ2v) is 12.8. The lowest BCUT2D eigenvalue weighted by atomic mass is 10.0. The quantitative estimate of drug-likeness (QED) is 0.270. The molecular formula is C36H37FN6O6. The average Bonchev–Trinajstić information content (AvgIpc) is 3.43. The number of carbonyl (C=O) groups excluding carboxylic acids is 3. The molecule has 3 aliphatic rings. The van der Waals surface area contributed by atoms with E-state index in [-0.39, 0.29) is 42.5 Å². The fourth-order valence-electron chi connectivity index (χ4n) is 7.25. The molecule has 1 atom stereocenters. The van der Waals surface area contributed by atoms with Crippen molar-refractivity contribution < 1.29 is 28.2 Å². The molecular weight excluding hydrogens is 631 g/mol. The summed E-state index contributed by atoms with van der Waals surface area (Å²) in [5.74, 6) is -0.563. The van der Waals surface area contributed by atoms with Gasteiger partial charge in [0.2, 0.25) is 11.8 Å². The number of hydrogen-bond acceptors (Lipinski definition) is 9. The van der Waals surface area contributed by atoms with Gasteiger partial charge in [0.05, 0.1) is 25.3 Å². The molecule has 1 aromatic heterocycles. The van der Waals surface area contributed by atoms with Crippen LogP contribution in [0.4, 0.5) is 10.1 Å². The van der Waals surface area contributed by atoms with Crippen LogP contribution in [0.25, 0.3) is 22.3 Å². The molecule has 3 amide bonds. The predicted octanol–water partition coefficient (Wildman–Crippen LogP) is 3.61. The summed E-state index contributed by atoms with van der Waals surface area (Å²) in [4.78, 5) is 63.4. The van der Waals surface area contributed by atoms with E-state index >= 15 is 4.39 Å². The van der Waals surface area contributed by atoms with Crippen molar-refractivity contribution in [1.82, 2.24) is 25.1 Å². The number of nitrogens with one attached hydrogen (secondary N) is 2. The highest BCUT2D eigenvalue weighted by atomic mass is 19.1. The first-order chi connectivity index (χ1) is 23.6. The van der Waals surface area contributed by atoms with E-state index in [1.54, 1.807) is 19.2 Å². The number of nitrogens with zero attached hydrogens (tertiary/aromatic N) is 4. The Balaban J connectivity index is 0.982. The molecule has 49 heavy (non-hydrogen) atoms. The van der Waals surface area contributed by atoms with Crippen molar-refractivity contribution in [3.63, 3.8) is 0 Å². The number of carbonyl (C=O) groups is 3. The summed E-state index contributed by atoms with van der Waals surface area (Å²) in [6.07, 6.45) is 2.21. The molecule has 4 aromatic rings. The number of aromatic amines is 1. The number of halogens is 1. The number of amides is 3. The first kappa shape index (κ1) is 32.3. The van der Waals surface area contributed by atoms with Crippen LogP contribution in [0.1, 0.15) is 47.2 Å². The van der Waals surface area contributed by atoms with Crippen molar-refractivity contribution in [3.05, 3.63) is 81.4 Å². The Bertz CT molecular complexity index is 2020. The lowest BCUT2D eigenvalue weighted by Gasteiger charge is -2.38. The number of ether oxygens (including phenoxy) is 2. The monoisotopic (exact) mass is 668 g/mol. The van der Waals surface area contributed by atoms with Gasteiger partial charge in [-0.3, -0.25) is 29.4 Å². The minimum Gasteiger partial charge on any atom is -0.497 e. The van der Waals surface area contributed by atoms with Gasteiger partial charge in [-0.2, -0.15) is 0 Å². The molecule has 0 saturated carbocycles. The zero-order chi connectivity index (χ0) is 34.4. The molecule has 13 heteroatoms. The second kappa shape index (κ2) is 13.0. The molecule has 3 aliphatic heterocycles. The van der Waals surface area contributed by atoms with Gasteiger partial charge in [-0.25, -0.2) is 9.37 Å². The highest BCUT2D eigenvalue weighted by Gasteiger charge is 2.40. The van der Waals surface area contributed by atoms with E-state index in [0.717, 1.165) is 42.7 Å². The van der Waals surface area contributed by atoms with Crippen LogP contribution in [0.2, 0.25) is 0 Å². The van der Waals surface area contributed by atoms with Crippen LogP contribution in [0.15, 0.2) is 53.3 Å². The molecule has 0 radical (unpaired) electrons. The molecule has 2 saturated heterocycles. The topological polar surface area (TPSA) is 137 Å². The third kappa shape index (κ3) is 6.10. The fraction of sp³-hybridized carbons (Fsp3) is 0.361. The lowest BCUT2D eigenvalue weighted by Crippen LogP contribution is -2.52. The van der Waals surface area contributed by atoms with Crippen LogP contribution in [-0.2, 0) is 22.7 Å². The van der Waals surface area contributed by atoms with Gasteiger partial charge in [0, 0.05) is 62.0 Å². The van der Waals surface area contributed by atoms with Gasteiger partial charge in [-0.05, 0) is 67.8 Å². The summed E-state index contributed by atoms with van der Waals surface area (Å²) in [7, 11) is 5.08. The normalized spacial score (nSPS) is 18.3. The van der Waals surface area contributed by atoms with Crippen molar-refractivity contribution in [2.24, 2.45) is 0 Å². The molecule has 254 valence electrons. The number of H-pyrrole nitrogens is 1. The Morgan fingerprint density at radius 1 is 0.980 bits per heavy atom. The van der Waals surface area contributed by atoms with Gasteiger partial charge in [0.15, 0.2) is 0 Å². The summed E-state index contributed by atoms with van der Waals surface area (Å²) in [6.45, 7) is 2.34. The number of aromatic nitrogens is 2. The number of methoxy groups -OCH3 is 2. The van der Waals surface area contributed by atoms with Crippen LogP contribution >= 0.6 is 0 Å². The van der Waals surface area contributed by atoms with Crippen molar-refractivity contribution in [3.8, 4) is 22.9 Å². The first-order valence-electron chi connectivity index (χ1n) is 16.3. The number of imide groups is 1. The number of rotatable bonds is 8. The van der Waals surface area contributed by atoms with Crippen LogP contribution in [0, 0.1) is 5.82 Å². The fourth-order valence-corrected chi connectivity index (χ4v) is 7.25.